The van der Waals surface area contributed by atoms with Gasteiger partial charge in [0.2, 0.25) is 0 Å². The van der Waals surface area contributed by atoms with Gasteiger partial charge < -0.3 is 4.74 Å². The molecule has 0 amide bonds. The molecule has 0 heterocycles. The Balaban J connectivity index is 2.26. The maximum atomic E-state index is 12.9. The lowest BCUT2D eigenvalue weighted by atomic mass is 10.1. The molecule has 0 radical (unpaired) electrons. The zero-order valence-corrected chi connectivity index (χ0v) is 11.2. The van der Waals surface area contributed by atoms with E-state index in [1.54, 1.807) is 0 Å². The van der Waals surface area contributed by atoms with E-state index < -0.39 is 0 Å². The maximum Gasteiger partial charge on any atom is 0.146 e. The second kappa shape index (κ2) is 5.59. The summed E-state index contributed by atoms with van der Waals surface area (Å²) in [4.78, 5) is 0. The summed E-state index contributed by atoms with van der Waals surface area (Å²) in [5, 5.41) is 0.245. The van der Waals surface area contributed by atoms with Crippen LogP contribution < -0.4 is 4.74 Å². The molecule has 0 aliphatic carbocycles. The van der Waals surface area contributed by atoms with E-state index in [2.05, 4.69) is 0 Å². The average Bonchev–Trinajstić information content (AvgIpc) is 2.33. The first-order valence-electron chi connectivity index (χ1n) is 5.38. The lowest BCUT2D eigenvalue weighted by molar-refractivity contribution is 0.480. The molecule has 2 rings (SSSR count). The zero-order chi connectivity index (χ0) is 13.1. The summed E-state index contributed by atoms with van der Waals surface area (Å²) in [7, 11) is 0. The van der Waals surface area contributed by atoms with Crippen molar-refractivity contribution in [2.45, 2.75) is 12.8 Å². The second-order valence-corrected chi connectivity index (χ2v) is 4.57. The van der Waals surface area contributed by atoms with Gasteiger partial charge in [-0.2, -0.15) is 0 Å². The fourth-order valence-electron chi connectivity index (χ4n) is 1.57. The molecule has 94 valence electrons. The smallest absolute Gasteiger partial charge is 0.146 e. The number of benzene rings is 2. The molecular formula is C14H11Cl2FO. The van der Waals surface area contributed by atoms with Crippen molar-refractivity contribution in [1.29, 1.82) is 0 Å². The minimum Gasteiger partial charge on any atom is -0.456 e. The molecule has 2 aromatic carbocycles. The first-order valence-corrected chi connectivity index (χ1v) is 6.30. The molecule has 0 spiro atoms. The third-order valence-corrected chi connectivity index (χ3v) is 3.16. The van der Waals surface area contributed by atoms with Crippen molar-refractivity contribution < 1.29 is 9.13 Å². The highest BCUT2D eigenvalue weighted by Crippen LogP contribution is 2.30. The van der Waals surface area contributed by atoms with Gasteiger partial charge in [0.05, 0.1) is 5.02 Å². The number of ether oxygens (including phenoxy) is 1. The molecule has 0 N–H and O–H groups in total. The summed E-state index contributed by atoms with van der Waals surface area (Å²) in [5.41, 5.74) is 2.09. The average molecular weight is 285 g/mol. The summed E-state index contributed by atoms with van der Waals surface area (Å²) in [6.07, 6.45) is 0. The molecule has 0 saturated heterocycles. The van der Waals surface area contributed by atoms with Gasteiger partial charge in [-0.1, -0.05) is 17.7 Å². The van der Waals surface area contributed by atoms with E-state index in [1.165, 1.54) is 18.2 Å². The van der Waals surface area contributed by atoms with E-state index in [4.69, 9.17) is 27.9 Å². The van der Waals surface area contributed by atoms with Crippen LogP contribution in [0.1, 0.15) is 11.1 Å². The monoisotopic (exact) mass is 284 g/mol. The van der Waals surface area contributed by atoms with Gasteiger partial charge >= 0.3 is 0 Å². The van der Waals surface area contributed by atoms with Crippen molar-refractivity contribution in [3.8, 4) is 11.5 Å². The van der Waals surface area contributed by atoms with Crippen LogP contribution in [0.15, 0.2) is 36.4 Å². The van der Waals surface area contributed by atoms with Gasteiger partial charge in [0, 0.05) is 5.88 Å². The summed E-state index contributed by atoms with van der Waals surface area (Å²) < 4.78 is 18.5. The van der Waals surface area contributed by atoms with Crippen LogP contribution in [0.25, 0.3) is 0 Å². The Morgan fingerprint density at radius 3 is 2.56 bits per heavy atom. The predicted molar refractivity (Wildman–Crippen MR) is 72.2 cm³/mol. The molecule has 0 aliphatic rings. The van der Waals surface area contributed by atoms with Crippen molar-refractivity contribution in [3.63, 3.8) is 0 Å². The molecule has 0 aromatic heterocycles. The lowest BCUT2D eigenvalue weighted by Gasteiger charge is -2.09. The van der Waals surface area contributed by atoms with E-state index in [-0.39, 0.29) is 10.8 Å². The molecule has 0 unspecified atom stereocenters. The van der Waals surface area contributed by atoms with Gasteiger partial charge in [-0.25, -0.2) is 4.39 Å². The molecule has 0 fully saturated rings. The summed E-state index contributed by atoms with van der Waals surface area (Å²) >= 11 is 11.7. The Labute approximate surface area is 115 Å². The van der Waals surface area contributed by atoms with Crippen LogP contribution >= 0.6 is 23.2 Å². The molecule has 18 heavy (non-hydrogen) atoms. The molecule has 1 nitrogen and oxygen atoms in total. The molecule has 2 aromatic rings. The normalized spacial score (nSPS) is 10.4. The Hall–Kier alpha value is -1.25. The van der Waals surface area contributed by atoms with Crippen molar-refractivity contribution in [2.75, 3.05) is 0 Å². The molecule has 0 bridgehead atoms. The van der Waals surface area contributed by atoms with Crippen molar-refractivity contribution in [1.82, 2.24) is 0 Å². The maximum absolute atomic E-state index is 12.9. The molecule has 0 atom stereocenters. The number of hydrogen-bond acceptors (Lipinski definition) is 1. The number of alkyl halides is 1. The first-order chi connectivity index (χ1) is 8.60. The highest BCUT2D eigenvalue weighted by atomic mass is 35.5. The van der Waals surface area contributed by atoms with Crippen molar-refractivity contribution >= 4 is 23.2 Å². The van der Waals surface area contributed by atoms with Gasteiger partial charge in [-0.3, -0.25) is 0 Å². The van der Waals surface area contributed by atoms with E-state index in [0.717, 1.165) is 11.1 Å². The number of halogens is 3. The van der Waals surface area contributed by atoms with Crippen LogP contribution in [0.2, 0.25) is 5.02 Å². The fourth-order valence-corrected chi connectivity index (χ4v) is 2.07. The summed E-state index contributed by atoms with van der Waals surface area (Å²) in [6, 6.07) is 9.61. The zero-order valence-electron chi connectivity index (χ0n) is 9.71. The van der Waals surface area contributed by atoms with Crippen LogP contribution in [0.4, 0.5) is 4.39 Å². The predicted octanol–water partition coefficient (Wildman–Crippen LogP) is 5.32. The number of hydrogen-bond donors (Lipinski definition) is 0. The minimum atomic E-state index is -0.388. The quantitative estimate of drug-likeness (QED) is 0.693. The van der Waals surface area contributed by atoms with Crippen molar-refractivity contribution in [3.05, 3.63) is 58.4 Å². The highest BCUT2D eigenvalue weighted by Gasteiger charge is 2.06. The summed E-state index contributed by atoms with van der Waals surface area (Å²) in [5.74, 6) is 1.15. The Morgan fingerprint density at radius 2 is 1.94 bits per heavy atom. The Morgan fingerprint density at radius 1 is 1.17 bits per heavy atom. The van der Waals surface area contributed by atoms with Crippen LogP contribution in [-0.4, -0.2) is 0 Å². The van der Waals surface area contributed by atoms with E-state index in [1.807, 2.05) is 25.1 Å². The third-order valence-electron chi connectivity index (χ3n) is 2.58. The molecule has 0 aliphatic heterocycles. The van der Waals surface area contributed by atoms with E-state index in [0.29, 0.717) is 17.4 Å². The van der Waals surface area contributed by atoms with Gasteiger partial charge in [-0.05, 0) is 48.4 Å². The molecule has 4 heteroatoms. The van der Waals surface area contributed by atoms with Crippen LogP contribution in [0.3, 0.4) is 0 Å². The Bertz CT molecular complexity index is 570. The lowest BCUT2D eigenvalue weighted by Crippen LogP contribution is -1.89. The number of rotatable bonds is 3. The topological polar surface area (TPSA) is 9.23 Å². The third kappa shape index (κ3) is 2.95. The van der Waals surface area contributed by atoms with E-state index >= 15 is 0 Å². The van der Waals surface area contributed by atoms with Gasteiger partial charge in [0.25, 0.3) is 0 Å². The molecule has 0 saturated carbocycles. The minimum absolute atomic E-state index is 0.245. The fraction of sp³-hybridized carbons (Fsp3) is 0.143. The standard InChI is InChI=1S/C14H11Cl2FO/c1-9-6-12(4-2-10(9)8-15)18-14-5-3-11(17)7-13(14)16/h2-7H,8H2,1H3. The second-order valence-electron chi connectivity index (χ2n) is 3.90. The van der Waals surface area contributed by atoms with Crippen LogP contribution in [0.5, 0.6) is 11.5 Å². The molecular weight excluding hydrogens is 274 g/mol. The number of aryl methyl sites for hydroxylation is 1. The SMILES string of the molecule is Cc1cc(Oc2ccc(F)cc2Cl)ccc1CCl. The Kier molecular flexibility index (Phi) is 4.10. The highest BCUT2D eigenvalue weighted by molar-refractivity contribution is 6.32. The van der Waals surface area contributed by atoms with Crippen molar-refractivity contribution in [2.24, 2.45) is 0 Å². The van der Waals surface area contributed by atoms with Crippen LogP contribution in [0, 0.1) is 12.7 Å². The first kappa shape index (κ1) is 13.2. The largest absolute Gasteiger partial charge is 0.456 e. The van der Waals surface area contributed by atoms with Gasteiger partial charge in [0.15, 0.2) is 0 Å². The summed E-state index contributed by atoms with van der Waals surface area (Å²) in [6.45, 7) is 1.96. The van der Waals surface area contributed by atoms with Gasteiger partial charge in [0.1, 0.15) is 17.3 Å². The van der Waals surface area contributed by atoms with Gasteiger partial charge in [-0.15, -0.1) is 11.6 Å². The van der Waals surface area contributed by atoms with Crippen LogP contribution in [-0.2, 0) is 5.88 Å². The van der Waals surface area contributed by atoms with E-state index in [9.17, 15) is 4.39 Å².